The molecule has 1 heterocycles. The van der Waals surface area contributed by atoms with E-state index in [0.717, 1.165) is 54.5 Å². The van der Waals surface area contributed by atoms with Crippen molar-refractivity contribution in [3.8, 4) is 17.3 Å². The average molecular weight is 524 g/mol. The zero-order chi connectivity index (χ0) is 27.5. The summed E-state index contributed by atoms with van der Waals surface area (Å²) in [4.78, 5) is 30.5. The molecule has 1 N–H and O–H groups in total. The molecule has 2 fully saturated rings. The minimum atomic E-state index is -0.221. The number of rotatable bonds is 10. The molecule has 1 aromatic heterocycles. The van der Waals surface area contributed by atoms with Gasteiger partial charge in [0.05, 0.1) is 17.0 Å². The van der Waals surface area contributed by atoms with Gasteiger partial charge in [-0.1, -0.05) is 30.3 Å². The molecule has 0 spiro atoms. The smallest absolute Gasteiger partial charge is 0.219 e. The quantitative estimate of drug-likeness (QED) is 0.306. The Kier molecular flexibility index (Phi) is 7.88. The number of nitriles is 1. The molecule has 3 aromatic rings. The van der Waals surface area contributed by atoms with E-state index < -0.39 is 0 Å². The summed E-state index contributed by atoms with van der Waals surface area (Å²) in [5, 5.41) is 12.5. The van der Waals surface area contributed by atoms with Crippen LogP contribution in [0.5, 0.6) is 0 Å². The Labute approximate surface area is 229 Å². The summed E-state index contributed by atoms with van der Waals surface area (Å²) < 4.78 is 13.7. The van der Waals surface area contributed by atoms with Gasteiger partial charge in [0.25, 0.3) is 0 Å². The molecule has 0 bridgehead atoms. The van der Waals surface area contributed by atoms with Crippen molar-refractivity contribution in [2.24, 2.45) is 17.8 Å². The van der Waals surface area contributed by atoms with Crippen LogP contribution in [0.4, 0.5) is 4.39 Å². The lowest BCUT2D eigenvalue weighted by atomic mass is 9.68. The molecule has 4 unspecified atom stereocenters. The van der Waals surface area contributed by atoms with Crippen molar-refractivity contribution < 1.29 is 14.0 Å². The summed E-state index contributed by atoms with van der Waals surface area (Å²) in [5.41, 5.74) is 5.48. The predicted octanol–water partition coefficient (Wildman–Crippen LogP) is 6.54. The van der Waals surface area contributed by atoms with Crippen LogP contribution in [0.15, 0.2) is 54.6 Å². The van der Waals surface area contributed by atoms with E-state index in [1.807, 2.05) is 43.3 Å². The summed E-state index contributed by atoms with van der Waals surface area (Å²) in [6.45, 7) is 1.92. The molecule has 4 atom stereocenters. The number of carbonyl (C=O) groups excluding carboxylic acids is 2. The number of aryl methyl sites for hydroxylation is 2. The lowest BCUT2D eigenvalue weighted by Gasteiger charge is -2.37. The second-order valence-electron chi connectivity index (χ2n) is 11.0. The number of nitrogens with one attached hydrogen (secondary N) is 1. The first-order valence-electron chi connectivity index (χ1n) is 13.9. The zero-order valence-corrected chi connectivity index (χ0v) is 22.5. The molecule has 6 heteroatoms. The van der Waals surface area contributed by atoms with E-state index in [2.05, 4.69) is 11.4 Å². The van der Waals surface area contributed by atoms with E-state index in [0.29, 0.717) is 35.6 Å². The first kappa shape index (κ1) is 26.7. The molecule has 2 aliphatic carbocycles. The molecule has 1 amide bonds. The van der Waals surface area contributed by atoms with Gasteiger partial charge < -0.3 is 5.32 Å². The minimum absolute atomic E-state index is 0.00173. The highest BCUT2D eigenvalue weighted by atomic mass is 19.1. The van der Waals surface area contributed by atoms with E-state index in [1.54, 1.807) is 19.2 Å². The summed E-state index contributed by atoms with van der Waals surface area (Å²) in [5.74, 6) is 0.569. The summed E-state index contributed by atoms with van der Waals surface area (Å²) in [6.07, 6.45) is 5.64. The first-order chi connectivity index (χ1) is 18.9. The third-order valence-electron chi connectivity index (χ3n) is 8.59. The number of pyridine rings is 1. The number of nitrogens with zero attached hydrogens (tertiary/aromatic N) is 2. The molecule has 200 valence electrons. The Morgan fingerprint density at radius 2 is 1.90 bits per heavy atom. The third kappa shape index (κ3) is 5.78. The van der Waals surface area contributed by atoms with Crippen molar-refractivity contribution in [1.82, 2.24) is 10.3 Å². The number of aromatic nitrogens is 1. The first-order valence-corrected chi connectivity index (χ1v) is 13.9. The summed E-state index contributed by atoms with van der Waals surface area (Å²) in [7, 11) is 1.63. The molecule has 39 heavy (non-hydrogen) atoms. The number of carbonyl (C=O) groups is 2. The van der Waals surface area contributed by atoms with Crippen molar-refractivity contribution in [2.45, 2.75) is 57.8 Å². The van der Waals surface area contributed by atoms with Crippen LogP contribution in [0.25, 0.3) is 11.3 Å². The predicted molar refractivity (Wildman–Crippen MR) is 149 cm³/mol. The Morgan fingerprint density at radius 3 is 2.62 bits per heavy atom. The van der Waals surface area contributed by atoms with Gasteiger partial charge in [-0.25, -0.2) is 4.39 Å². The van der Waals surface area contributed by atoms with Gasteiger partial charge in [-0.2, -0.15) is 5.26 Å². The molecule has 5 rings (SSSR count). The highest BCUT2D eigenvalue weighted by molar-refractivity contribution is 6.01. The van der Waals surface area contributed by atoms with Crippen molar-refractivity contribution >= 4 is 11.7 Å². The van der Waals surface area contributed by atoms with Crippen molar-refractivity contribution in [2.75, 3.05) is 7.05 Å². The van der Waals surface area contributed by atoms with Crippen LogP contribution in [0.2, 0.25) is 0 Å². The Bertz CT molecular complexity index is 1440. The monoisotopic (exact) mass is 523 g/mol. The average Bonchev–Trinajstić information content (AvgIpc) is 3.70. The number of hydrogen-bond donors (Lipinski definition) is 1. The molecule has 0 radical (unpaired) electrons. The van der Waals surface area contributed by atoms with Crippen LogP contribution in [-0.4, -0.2) is 23.7 Å². The fraction of sp³-hybridized carbons (Fsp3) is 0.394. The molecule has 2 aromatic carbocycles. The van der Waals surface area contributed by atoms with Gasteiger partial charge in [-0.15, -0.1) is 0 Å². The molecule has 2 aliphatic rings. The fourth-order valence-electron chi connectivity index (χ4n) is 5.99. The largest absolute Gasteiger partial charge is 0.359 e. The van der Waals surface area contributed by atoms with Crippen LogP contribution >= 0.6 is 0 Å². The van der Waals surface area contributed by atoms with Crippen LogP contribution in [0.1, 0.15) is 77.2 Å². The second kappa shape index (κ2) is 11.5. The van der Waals surface area contributed by atoms with Gasteiger partial charge in [0.15, 0.2) is 5.78 Å². The van der Waals surface area contributed by atoms with Crippen molar-refractivity contribution in [3.05, 3.63) is 88.4 Å². The topological polar surface area (TPSA) is 82.9 Å². The van der Waals surface area contributed by atoms with Crippen molar-refractivity contribution in [1.29, 1.82) is 5.26 Å². The molecular weight excluding hydrogens is 489 g/mol. The van der Waals surface area contributed by atoms with Crippen molar-refractivity contribution in [3.63, 3.8) is 0 Å². The van der Waals surface area contributed by atoms with Gasteiger partial charge in [-0.3, -0.25) is 14.6 Å². The molecule has 0 aliphatic heterocycles. The maximum absolute atomic E-state index is 13.7. The highest BCUT2D eigenvalue weighted by Gasteiger charge is 2.45. The van der Waals surface area contributed by atoms with E-state index in [1.165, 1.54) is 6.07 Å². The van der Waals surface area contributed by atoms with Crippen LogP contribution in [0.3, 0.4) is 0 Å². The number of halogens is 1. The Balaban J connectivity index is 1.42. The molecule has 5 nitrogen and oxygen atoms in total. The number of hydrogen-bond acceptors (Lipinski definition) is 4. The summed E-state index contributed by atoms with van der Waals surface area (Å²) >= 11 is 0. The Morgan fingerprint density at radius 1 is 1.08 bits per heavy atom. The maximum atomic E-state index is 13.7. The highest BCUT2D eigenvalue weighted by Crippen LogP contribution is 2.49. The van der Waals surface area contributed by atoms with E-state index >= 15 is 0 Å². The fourth-order valence-corrected chi connectivity index (χ4v) is 5.99. The maximum Gasteiger partial charge on any atom is 0.219 e. The van der Waals surface area contributed by atoms with E-state index in [9.17, 15) is 19.2 Å². The number of Topliss-reactive ketones (excluding diaryl/α,β-unsaturated/α-hetero) is 1. The van der Waals surface area contributed by atoms with Gasteiger partial charge in [0.2, 0.25) is 5.91 Å². The van der Waals surface area contributed by atoms with Gasteiger partial charge in [-0.05, 0) is 92.7 Å². The molecule has 0 saturated heterocycles. The Hall–Kier alpha value is -3.85. The zero-order valence-electron chi connectivity index (χ0n) is 22.5. The van der Waals surface area contributed by atoms with Gasteiger partial charge in [0, 0.05) is 36.4 Å². The van der Waals surface area contributed by atoms with Gasteiger partial charge >= 0.3 is 0 Å². The molecular formula is C33H34FN3O2. The number of benzene rings is 2. The number of ketones is 1. The van der Waals surface area contributed by atoms with Crippen LogP contribution < -0.4 is 5.32 Å². The third-order valence-corrected chi connectivity index (χ3v) is 8.59. The SMILES string of the molecule is CNC(=O)CCC1CC1C(=O)c1ccc(-c2cccc(C)c2C#N)nc1C1CCC1CCc1cccc(F)c1. The lowest BCUT2D eigenvalue weighted by molar-refractivity contribution is -0.120. The van der Waals surface area contributed by atoms with Gasteiger partial charge in [0.1, 0.15) is 11.9 Å². The lowest BCUT2D eigenvalue weighted by Crippen LogP contribution is -2.27. The van der Waals surface area contributed by atoms with Crippen LogP contribution in [-0.2, 0) is 11.2 Å². The summed E-state index contributed by atoms with van der Waals surface area (Å²) in [6, 6.07) is 18.6. The standard InChI is InChI=1S/C33H34FN3O2/c1-20-5-3-8-26(29(20)19-35)30-15-14-27(33(39)28-18-23(28)12-16-31(38)36-2)32(37-30)25-13-11-22(25)10-9-21-6-4-7-24(34)17-21/h3-8,14-15,17,22-23,25,28H,9-13,16,18H2,1-2H3,(H,36,38). The minimum Gasteiger partial charge on any atom is -0.359 e. The van der Waals surface area contributed by atoms with Crippen LogP contribution in [0, 0.1) is 41.8 Å². The van der Waals surface area contributed by atoms with E-state index in [-0.39, 0.29) is 35.3 Å². The normalized spacial score (nSPS) is 21.5. The second-order valence-corrected chi connectivity index (χ2v) is 11.0. The molecule has 2 saturated carbocycles. The van der Waals surface area contributed by atoms with E-state index in [4.69, 9.17) is 4.98 Å². The number of amides is 1.